The van der Waals surface area contributed by atoms with E-state index < -0.39 is 28.5 Å². The van der Waals surface area contributed by atoms with Crippen LogP contribution >= 0.6 is 0 Å². The van der Waals surface area contributed by atoms with Crippen LogP contribution in [0.15, 0.2) is 114 Å². The molecule has 8 nitrogen and oxygen atoms in total. The van der Waals surface area contributed by atoms with Gasteiger partial charge in [0, 0.05) is 25.1 Å². The van der Waals surface area contributed by atoms with Crippen LogP contribution in [0, 0.1) is 6.92 Å². The van der Waals surface area contributed by atoms with E-state index in [1.807, 2.05) is 67.6 Å². The van der Waals surface area contributed by atoms with E-state index in [2.05, 4.69) is 5.32 Å². The Morgan fingerprint density at radius 2 is 1.47 bits per heavy atom. The quantitative estimate of drug-likeness (QED) is 0.183. The zero-order chi connectivity index (χ0) is 33.2. The van der Waals surface area contributed by atoms with Gasteiger partial charge in [-0.15, -0.1) is 0 Å². The Kier molecular flexibility index (Phi) is 11.3. The van der Waals surface area contributed by atoms with Crippen molar-refractivity contribution in [1.29, 1.82) is 0 Å². The molecule has 246 valence electrons. The molecule has 0 spiro atoms. The summed E-state index contributed by atoms with van der Waals surface area (Å²) in [5.41, 5.74) is 2.93. The predicted octanol–water partition coefficient (Wildman–Crippen LogP) is 6.29. The number of nitrogens with zero attached hydrogens (tertiary/aromatic N) is 2. The highest BCUT2D eigenvalue weighted by Crippen LogP contribution is 2.28. The lowest BCUT2D eigenvalue weighted by molar-refractivity contribution is -0.140. The van der Waals surface area contributed by atoms with Gasteiger partial charge >= 0.3 is 0 Å². The fourth-order valence-electron chi connectivity index (χ4n) is 6.01. The molecule has 1 aliphatic carbocycles. The second kappa shape index (κ2) is 15.8. The number of anilines is 1. The average Bonchev–Trinajstić information content (AvgIpc) is 3.10. The molecule has 4 aromatic rings. The number of methoxy groups -OCH3 is 1. The Hall–Kier alpha value is -4.63. The highest BCUT2D eigenvalue weighted by molar-refractivity contribution is 7.92. The summed E-state index contributed by atoms with van der Waals surface area (Å²) in [7, 11) is -2.69. The molecule has 0 radical (unpaired) electrons. The summed E-state index contributed by atoms with van der Waals surface area (Å²) in [4.78, 5) is 30.4. The summed E-state index contributed by atoms with van der Waals surface area (Å²) in [6.07, 6.45) is 5.32. The van der Waals surface area contributed by atoms with Crippen LogP contribution in [-0.4, -0.2) is 50.9 Å². The molecule has 0 aliphatic heterocycles. The van der Waals surface area contributed by atoms with E-state index in [0.29, 0.717) is 5.75 Å². The molecule has 9 heteroatoms. The summed E-state index contributed by atoms with van der Waals surface area (Å²) in [5, 5.41) is 3.24. The van der Waals surface area contributed by atoms with Crippen molar-refractivity contribution in [2.24, 2.45) is 0 Å². The number of aryl methyl sites for hydroxylation is 1. The first kappa shape index (κ1) is 33.7. The molecule has 2 amide bonds. The van der Waals surface area contributed by atoms with Gasteiger partial charge in [-0.3, -0.25) is 13.9 Å². The maximum Gasteiger partial charge on any atom is 0.264 e. The van der Waals surface area contributed by atoms with Crippen molar-refractivity contribution in [3.8, 4) is 5.75 Å². The number of sulfonamides is 1. The Morgan fingerprint density at radius 3 is 2.11 bits per heavy atom. The van der Waals surface area contributed by atoms with Gasteiger partial charge in [0.15, 0.2) is 0 Å². The first-order valence-corrected chi connectivity index (χ1v) is 17.6. The fourth-order valence-corrected chi connectivity index (χ4v) is 7.42. The standard InChI is InChI=1S/C38H43N3O5S/c1-29-21-23-35(24-22-29)47(44,45)41(33-19-12-20-34(26-33)46-2)28-37(42)40(27-31-15-8-4-9-16-31)36(25-30-13-6-3-7-14-30)38(43)39-32-17-10-5-11-18-32/h3-4,6-9,12-16,19-24,26,32,36H,5,10-11,17-18,25,27-28H2,1-2H3,(H,39,43)/t36-/m1/s1. The molecule has 0 heterocycles. The van der Waals surface area contributed by atoms with Crippen LogP contribution in [0.3, 0.4) is 0 Å². The third kappa shape index (κ3) is 8.80. The summed E-state index contributed by atoms with van der Waals surface area (Å²) >= 11 is 0. The normalized spacial score (nSPS) is 14.2. The molecule has 1 aliphatic rings. The summed E-state index contributed by atoms with van der Waals surface area (Å²) in [5.74, 6) is -0.277. The smallest absolute Gasteiger partial charge is 0.264 e. The Balaban J connectivity index is 1.56. The van der Waals surface area contributed by atoms with E-state index in [1.54, 1.807) is 53.4 Å². The van der Waals surface area contributed by atoms with E-state index in [1.165, 1.54) is 7.11 Å². The van der Waals surface area contributed by atoms with Gasteiger partial charge in [0.25, 0.3) is 10.0 Å². The van der Waals surface area contributed by atoms with E-state index in [9.17, 15) is 18.0 Å². The number of hydrogen-bond acceptors (Lipinski definition) is 5. The molecule has 5 rings (SSSR count). The van der Waals surface area contributed by atoms with Crippen molar-refractivity contribution in [3.63, 3.8) is 0 Å². The van der Waals surface area contributed by atoms with Crippen molar-refractivity contribution in [1.82, 2.24) is 10.2 Å². The molecule has 0 saturated heterocycles. The van der Waals surface area contributed by atoms with E-state index in [-0.39, 0.29) is 35.5 Å². The molecule has 0 aromatic heterocycles. The van der Waals surface area contributed by atoms with Gasteiger partial charge in [-0.1, -0.05) is 104 Å². The van der Waals surface area contributed by atoms with E-state index in [4.69, 9.17) is 4.74 Å². The highest BCUT2D eigenvalue weighted by Gasteiger charge is 2.35. The number of rotatable bonds is 13. The first-order valence-electron chi connectivity index (χ1n) is 16.2. The fraction of sp³-hybridized carbons (Fsp3) is 0.316. The molecular formula is C38H43N3O5S. The molecule has 0 unspecified atom stereocenters. The topological polar surface area (TPSA) is 96.0 Å². The van der Waals surface area contributed by atoms with E-state index in [0.717, 1.165) is 53.1 Å². The van der Waals surface area contributed by atoms with Crippen molar-refractivity contribution in [3.05, 3.63) is 126 Å². The third-order valence-corrected chi connectivity index (χ3v) is 10.4. The Bertz CT molecular complexity index is 1720. The lowest BCUT2D eigenvalue weighted by Gasteiger charge is -2.35. The second-order valence-corrected chi connectivity index (χ2v) is 13.9. The Labute approximate surface area is 278 Å². The minimum Gasteiger partial charge on any atom is -0.497 e. The van der Waals surface area contributed by atoms with Gasteiger partial charge in [-0.05, 0) is 55.2 Å². The molecule has 1 fully saturated rings. The molecule has 0 bridgehead atoms. The first-order chi connectivity index (χ1) is 22.7. The third-order valence-electron chi connectivity index (χ3n) is 8.65. The van der Waals surface area contributed by atoms with E-state index >= 15 is 0 Å². The van der Waals surface area contributed by atoms with Gasteiger partial charge in [0.05, 0.1) is 17.7 Å². The number of carbonyl (C=O) groups is 2. The average molecular weight is 654 g/mol. The zero-order valence-electron chi connectivity index (χ0n) is 27.0. The second-order valence-electron chi connectivity index (χ2n) is 12.1. The minimum atomic E-state index is -4.20. The van der Waals surface area contributed by atoms with Crippen molar-refractivity contribution in [2.45, 2.75) is 69.0 Å². The van der Waals surface area contributed by atoms with Crippen LogP contribution in [0.25, 0.3) is 0 Å². The number of carbonyl (C=O) groups excluding carboxylic acids is 2. The van der Waals surface area contributed by atoms with Crippen LogP contribution in [0.5, 0.6) is 5.75 Å². The van der Waals surface area contributed by atoms with Gasteiger partial charge in [-0.2, -0.15) is 0 Å². The van der Waals surface area contributed by atoms with Crippen LogP contribution < -0.4 is 14.4 Å². The SMILES string of the molecule is COc1cccc(N(CC(=O)N(Cc2ccccc2)[C@H](Cc2ccccc2)C(=O)NC2CCCCC2)S(=O)(=O)c2ccc(C)cc2)c1. The lowest BCUT2D eigenvalue weighted by atomic mass is 9.94. The number of nitrogens with one attached hydrogen (secondary N) is 1. The monoisotopic (exact) mass is 653 g/mol. The van der Waals surface area contributed by atoms with Crippen LogP contribution in [0.2, 0.25) is 0 Å². The molecule has 47 heavy (non-hydrogen) atoms. The van der Waals surface area contributed by atoms with Crippen molar-refractivity contribution in [2.75, 3.05) is 18.0 Å². The van der Waals surface area contributed by atoms with Crippen LogP contribution in [0.1, 0.15) is 48.8 Å². The molecule has 4 aromatic carbocycles. The summed E-state index contributed by atoms with van der Waals surface area (Å²) < 4.78 is 35.0. The Morgan fingerprint density at radius 1 is 0.830 bits per heavy atom. The minimum absolute atomic E-state index is 0.0402. The lowest BCUT2D eigenvalue weighted by Crippen LogP contribution is -2.55. The van der Waals surface area contributed by atoms with Crippen LogP contribution in [-0.2, 0) is 32.6 Å². The van der Waals surface area contributed by atoms with Crippen molar-refractivity contribution >= 4 is 27.5 Å². The number of benzene rings is 4. The molecule has 1 atom stereocenters. The van der Waals surface area contributed by atoms with Gasteiger partial charge in [0.2, 0.25) is 11.8 Å². The molecular weight excluding hydrogens is 611 g/mol. The number of hydrogen-bond donors (Lipinski definition) is 1. The van der Waals surface area contributed by atoms with Crippen LogP contribution in [0.4, 0.5) is 5.69 Å². The maximum absolute atomic E-state index is 14.7. The molecule has 1 N–H and O–H groups in total. The molecule has 1 saturated carbocycles. The largest absolute Gasteiger partial charge is 0.497 e. The summed E-state index contributed by atoms with van der Waals surface area (Å²) in [6.45, 7) is 1.50. The van der Waals surface area contributed by atoms with Gasteiger partial charge in [-0.25, -0.2) is 8.42 Å². The number of ether oxygens (including phenoxy) is 1. The van der Waals surface area contributed by atoms with Gasteiger partial charge in [0.1, 0.15) is 18.3 Å². The summed E-state index contributed by atoms with van der Waals surface area (Å²) in [6, 6.07) is 31.4. The maximum atomic E-state index is 14.7. The van der Waals surface area contributed by atoms with Crippen molar-refractivity contribution < 1.29 is 22.7 Å². The van der Waals surface area contributed by atoms with Gasteiger partial charge < -0.3 is 15.0 Å². The number of amides is 2. The zero-order valence-corrected chi connectivity index (χ0v) is 27.9. The highest BCUT2D eigenvalue weighted by atomic mass is 32.2. The predicted molar refractivity (Wildman–Crippen MR) is 185 cm³/mol.